The fraction of sp³-hybridized carbons (Fsp3) is 1.00. The van der Waals surface area contributed by atoms with E-state index in [1.165, 1.54) is 191 Å². The highest BCUT2D eigenvalue weighted by atomic mass is 35.5. The smallest absolute Gasteiger partial charge is 0.0861 e. The standard InChI is InChI=1S/C35H74N.ClH/c1-6-10-14-18-21-22-26-30-34-36(32-28-24-19-15-11-7-2,33-29-25-20-16-12-8-3)35(5)31-27-23-17-13-9-4;/h35H,6-34H2,1-5H3;1H/q+1;/p-1. The molecule has 0 aliphatic carbocycles. The third kappa shape index (κ3) is 23.8. The first-order valence-corrected chi connectivity index (χ1v) is 17.5. The van der Waals surface area contributed by atoms with Crippen LogP contribution in [-0.4, -0.2) is 30.2 Å². The van der Waals surface area contributed by atoms with Gasteiger partial charge in [-0.05, 0) is 58.3 Å². The maximum atomic E-state index is 2.65. The molecule has 0 N–H and O–H groups in total. The summed E-state index contributed by atoms with van der Waals surface area (Å²) < 4.78 is 1.46. The summed E-state index contributed by atoms with van der Waals surface area (Å²) in [6.45, 7) is 16.4. The molecule has 0 aliphatic rings. The molecule has 0 amide bonds. The zero-order valence-corrected chi connectivity index (χ0v) is 27.7. The van der Waals surface area contributed by atoms with Gasteiger partial charge in [0.25, 0.3) is 0 Å². The first-order valence-electron chi connectivity index (χ1n) is 17.5. The van der Waals surface area contributed by atoms with Crippen LogP contribution in [0, 0.1) is 0 Å². The molecule has 0 saturated carbocycles. The van der Waals surface area contributed by atoms with Crippen LogP contribution in [0.2, 0.25) is 0 Å². The maximum absolute atomic E-state index is 2.65. The summed E-state index contributed by atoms with van der Waals surface area (Å²) >= 11 is 0. The lowest BCUT2D eigenvalue weighted by Crippen LogP contribution is -3.00. The Hall–Kier alpha value is 0.250. The highest BCUT2D eigenvalue weighted by molar-refractivity contribution is 4.61. The second kappa shape index (κ2) is 30.8. The lowest BCUT2D eigenvalue weighted by atomic mass is 9.99. The first-order chi connectivity index (χ1) is 17.7. The van der Waals surface area contributed by atoms with Crippen LogP contribution in [0.15, 0.2) is 0 Å². The Morgan fingerprint density at radius 3 is 0.892 bits per heavy atom. The van der Waals surface area contributed by atoms with Crippen molar-refractivity contribution in [1.82, 2.24) is 0 Å². The molecule has 0 saturated heterocycles. The first kappa shape index (κ1) is 39.4. The van der Waals surface area contributed by atoms with Gasteiger partial charge in [0.05, 0.1) is 25.7 Å². The molecule has 0 bridgehead atoms. The summed E-state index contributed by atoms with van der Waals surface area (Å²) in [6.07, 6.45) is 37.6. The van der Waals surface area contributed by atoms with Gasteiger partial charge in [0.1, 0.15) is 0 Å². The van der Waals surface area contributed by atoms with E-state index in [4.69, 9.17) is 0 Å². The molecule has 0 aromatic carbocycles. The fourth-order valence-corrected chi connectivity index (χ4v) is 6.29. The molecule has 1 atom stereocenters. The topological polar surface area (TPSA) is 0 Å². The van der Waals surface area contributed by atoms with Gasteiger partial charge >= 0.3 is 0 Å². The van der Waals surface area contributed by atoms with Gasteiger partial charge in [-0.2, -0.15) is 0 Å². The van der Waals surface area contributed by atoms with Crippen LogP contribution in [0.1, 0.15) is 202 Å². The van der Waals surface area contributed by atoms with E-state index in [1.54, 1.807) is 0 Å². The zero-order chi connectivity index (χ0) is 26.6. The van der Waals surface area contributed by atoms with Gasteiger partial charge in [0.15, 0.2) is 0 Å². The Bertz CT molecular complexity index is 394. The van der Waals surface area contributed by atoms with Gasteiger partial charge in [-0.25, -0.2) is 0 Å². The minimum absolute atomic E-state index is 0. The minimum atomic E-state index is 0. The van der Waals surface area contributed by atoms with Gasteiger partial charge in [-0.1, -0.05) is 143 Å². The predicted octanol–water partition coefficient (Wildman–Crippen LogP) is 9.42. The summed E-state index contributed by atoms with van der Waals surface area (Å²) in [4.78, 5) is 0. The van der Waals surface area contributed by atoms with E-state index in [0.29, 0.717) is 0 Å². The Kier molecular flexibility index (Phi) is 32.8. The van der Waals surface area contributed by atoms with E-state index in [9.17, 15) is 0 Å². The third-order valence-electron chi connectivity index (χ3n) is 9.03. The number of rotatable bonds is 30. The molecule has 0 heterocycles. The molecule has 37 heavy (non-hydrogen) atoms. The van der Waals surface area contributed by atoms with Crippen LogP contribution in [0.4, 0.5) is 0 Å². The van der Waals surface area contributed by atoms with Crippen molar-refractivity contribution >= 4 is 0 Å². The molecule has 2 heteroatoms. The second-order valence-corrected chi connectivity index (χ2v) is 12.5. The van der Waals surface area contributed by atoms with Crippen LogP contribution in [0.5, 0.6) is 0 Å². The molecule has 0 rings (SSSR count). The molecule has 1 unspecified atom stereocenters. The van der Waals surface area contributed by atoms with Crippen molar-refractivity contribution in [2.45, 2.75) is 208 Å². The quantitative estimate of drug-likeness (QED) is 0.0624. The summed E-state index contributed by atoms with van der Waals surface area (Å²) in [5.41, 5.74) is 0. The van der Waals surface area contributed by atoms with Crippen LogP contribution < -0.4 is 12.4 Å². The number of quaternary nitrogens is 1. The highest BCUT2D eigenvalue weighted by Gasteiger charge is 2.32. The van der Waals surface area contributed by atoms with Crippen molar-refractivity contribution in [3.05, 3.63) is 0 Å². The molecule has 0 aromatic rings. The average Bonchev–Trinajstić information content (AvgIpc) is 2.89. The van der Waals surface area contributed by atoms with E-state index < -0.39 is 0 Å². The summed E-state index contributed by atoms with van der Waals surface area (Å²) in [7, 11) is 0. The molecular weight excluding hydrogens is 470 g/mol. The number of nitrogens with zero attached hydrogens (tertiary/aromatic N) is 1. The summed E-state index contributed by atoms with van der Waals surface area (Å²) in [5.74, 6) is 0. The monoisotopic (exact) mass is 544 g/mol. The molecular formula is C35H74ClN. The van der Waals surface area contributed by atoms with Gasteiger partial charge in [0, 0.05) is 0 Å². The van der Waals surface area contributed by atoms with E-state index in [-0.39, 0.29) is 12.4 Å². The van der Waals surface area contributed by atoms with E-state index in [1.807, 2.05) is 0 Å². The van der Waals surface area contributed by atoms with Crippen molar-refractivity contribution < 1.29 is 16.9 Å². The van der Waals surface area contributed by atoms with Crippen LogP contribution in [-0.2, 0) is 0 Å². The van der Waals surface area contributed by atoms with Gasteiger partial charge in [-0.15, -0.1) is 0 Å². The lowest BCUT2D eigenvalue weighted by molar-refractivity contribution is -0.950. The lowest BCUT2D eigenvalue weighted by Gasteiger charge is -2.45. The molecule has 226 valence electrons. The van der Waals surface area contributed by atoms with Crippen molar-refractivity contribution in [3.63, 3.8) is 0 Å². The third-order valence-corrected chi connectivity index (χ3v) is 9.03. The minimum Gasteiger partial charge on any atom is -1.00 e. The number of halogens is 1. The van der Waals surface area contributed by atoms with Crippen molar-refractivity contribution in [1.29, 1.82) is 0 Å². The van der Waals surface area contributed by atoms with Crippen molar-refractivity contribution in [3.8, 4) is 0 Å². The Morgan fingerprint density at radius 1 is 0.351 bits per heavy atom. The highest BCUT2D eigenvalue weighted by Crippen LogP contribution is 2.25. The number of hydrogen-bond donors (Lipinski definition) is 0. The van der Waals surface area contributed by atoms with Crippen LogP contribution in [0.25, 0.3) is 0 Å². The molecule has 0 spiro atoms. The number of hydrogen-bond acceptors (Lipinski definition) is 0. The van der Waals surface area contributed by atoms with Crippen molar-refractivity contribution in [2.75, 3.05) is 19.6 Å². The average molecular weight is 544 g/mol. The normalized spacial score (nSPS) is 12.6. The van der Waals surface area contributed by atoms with Gasteiger partial charge in [0.2, 0.25) is 0 Å². The largest absolute Gasteiger partial charge is 1.00 e. The molecule has 0 radical (unpaired) electrons. The number of unbranched alkanes of at least 4 members (excludes halogenated alkanes) is 21. The fourth-order valence-electron chi connectivity index (χ4n) is 6.29. The Labute approximate surface area is 243 Å². The Balaban J connectivity index is 0. The SMILES string of the molecule is CCCCCCCCCC[N+](CCCCCCCC)(CCCCCCCC)C(C)CCCCCCC.[Cl-]. The second-order valence-electron chi connectivity index (χ2n) is 12.5. The maximum Gasteiger partial charge on any atom is 0.0861 e. The van der Waals surface area contributed by atoms with Crippen LogP contribution in [0.3, 0.4) is 0 Å². The van der Waals surface area contributed by atoms with E-state index >= 15 is 0 Å². The predicted molar refractivity (Wildman–Crippen MR) is 167 cm³/mol. The Morgan fingerprint density at radius 2 is 0.595 bits per heavy atom. The molecule has 1 nitrogen and oxygen atoms in total. The molecule has 0 fully saturated rings. The summed E-state index contributed by atoms with van der Waals surface area (Å²) in [5, 5.41) is 0. The summed E-state index contributed by atoms with van der Waals surface area (Å²) in [6, 6.07) is 0.863. The van der Waals surface area contributed by atoms with Gasteiger partial charge < -0.3 is 16.9 Å². The van der Waals surface area contributed by atoms with E-state index in [2.05, 4.69) is 34.6 Å². The van der Waals surface area contributed by atoms with E-state index in [0.717, 1.165) is 6.04 Å². The molecule has 0 aliphatic heterocycles. The zero-order valence-electron chi connectivity index (χ0n) is 26.9. The van der Waals surface area contributed by atoms with Crippen LogP contribution >= 0.6 is 0 Å². The molecule has 0 aromatic heterocycles. The van der Waals surface area contributed by atoms with Crippen molar-refractivity contribution in [2.24, 2.45) is 0 Å². The van der Waals surface area contributed by atoms with Gasteiger partial charge in [-0.3, -0.25) is 0 Å².